The molecule has 3 aromatic carbocycles. The number of ketones is 2. The Labute approximate surface area is 149 Å². The Morgan fingerprint density at radius 2 is 1.58 bits per heavy atom. The predicted molar refractivity (Wildman–Crippen MR) is 96.8 cm³/mol. The van der Waals surface area contributed by atoms with Crippen molar-refractivity contribution >= 4 is 22.3 Å². The normalized spacial score (nSPS) is 12.7. The molecule has 0 aliphatic heterocycles. The molecule has 0 amide bonds. The van der Waals surface area contributed by atoms with Gasteiger partial charge in [0, 0.05) is 16.5 Å². The average Bonchev–Trinajstić information content (AvgIpc) is 2.63. The second-order valence-electron chi connectivity index (χ2n) is 6.25. The molecule has 4 rings (SSSR count). The summed E-state index contributed by atoms with van der Waals surface area (Å²) in [5.41, 5.74) is 1.51. The molecule has 130 valence electrons. The van der Waals surface area contributed by atoms with Crippen LogP contribution < -0.4 is 9.47 Å². The average molecular weight is 348 g/mol. The minimum atomic E-state index is -0.436. The number of methoxy groups -OCH3 is 2. The third kappa shape index (κ3) is 2.03. The van der Waals surface area contributed by atoms with Crippen LogP contribution in [0.1, 0.15) is 37.4 Å². The Kier molecular flexibility index (Phi) is 3.47. The third-order valence-electron chi connectivity index (χ3n) is 4.72. The fourth-order valence-electron chi connectivity index (χ4n) is 3.64. The van der Waals surface area contributed by atoms with E-state index in [-0.39, 0.29) is 33.8 Å². The van der Waals surface area contributed by atoms with Gasteiger partial charge in [0.15, 0.2) is 5.78 Å². The van der Waals surface area contributed by atoms with E-state index in [1.165, 1.54) is 20.3 Å². The third-order valence-corrected chi connectivity index (χ3v) is 4.72. The van der Waals surface area contributed by atoms with Crippen molar-refractivity contribution in [2.45, 2.75) is 6.92 Å². The van der Waals surface area contributed by atoms with E-state index in [0.29, 0.717) is 22.3 Å². The Bertz CT molecular complexity index is 1110. The van der Waals surface area contributed by atoms with Gasteiger partial charge in [-0.15, -0.1) is 0 Å². The molecule has 0 aromatic heterocycles. The number of rotatable bonds is 2. The van der Waals surface area contributed by atoms with Gasteiger partial charge in [-0.1, -0.05) is 18.2 Å². The van der Waals surface area contributed by atoms with Crippen LogP contribution in [-0.4, -0.2) is 30.9 Å². The maximum Gasteiger partial charge on any atom is 0.202 e. The summed E-state index contributed by atoms with van der Waals surface area (Å²) in [6, 6.07) is 10.0. The molecule has 0 saturated carbocycles. The van der Waals surface area contributed by atoms with Gasteiger partial charge < -0.3 is 14.6 Å². The molecule has 5 nitrogen and oxygen atoms in total. The maximum absolute atomic E-state index is 13.3. The van der Waals surface area contributed by atoms with Crippen LogP contribution in [0.2, 0.25) is 0 Å². The van der Waals surface area contributed by atoms with E-state index in [0.717, 1.165) is 5.56 Å². The predicted octanol–water partition coefficient (Wildman–Crippen LogP) is 3.65. The zero-order valence-electron chi connectivity index (χ0n) is 14.5. The van der Waals surface area contributed by atoms with Crippen LogP contribution in [0.3, 0.4) is 0 Å². The van der Waals surface area contributed by atoms with Crippen molar-refractivity contribution in [2.24, 2.45) is 0 Å². The zero-order chi connectivity index (χ0) is 18.6. The molecule has 0 saturated heterocycles. The fourth-order valence-corrected chi connectivity index (χ4v) is 3.64. The first kappa shape index (κ1) is 16.1. The van der Waals surface area contributed by atoms with Gasteiger partial charge in [0.05, 0.1) is 25.3 Å². The summed E-state index contributed by atoms with van der Waals surface area (Å²) in [5.74, 6) is -0.202. The molecule has 0 spiro atoms. The van der Waals surface area contributed by atoms with Crippen LogP contribution in [0.4, 0.5) is 0 Å². The molecule has 1 N–H and O–H groups in total. The van der Waals surface area contributed by atoms with Crippen LogP contribution in [0.5, 0.6) is 17.2 Å². The van der Waals surface area contributed by atoms with Crippen molar-refractivity contribution in [1.82, 2.24) is 0 Å². The zero-order valence-corrected chi connectivity index (χ0v) is 14.5. The second-order valence-corrected chi connectivity index (χ2v) is 6.25. The number of benzene rings is 3. The summed E-state index contributed by atoms with van der Waals surface area (Å²) in [6.45, 7) is 1.89. The minimum absolute atomic E-state index is 0.0124. The molecule has 0 heterocycles. The Balaban J connectivity index is 2.17. The Morgan fingerprint density at radius 1 is 0.846 bits per heavy atom. The Hall–Kier alpha value is -3.34. The molecule has 3 aromatic rings. The van der Waals surface area contributed by atoms with Crippen molar-refractivity contribution in [2.75, 3.05) is 14.2 Å². The monoisotopic (exact) mass is 348 g/mol. The van der Waals surface area contributed by atoms with Crippen LogP contribution in [-0.2, 0) is 0 Å². The van der Waals surface area contributed by atoms with Crippen molar-refractivity contribution in [3.05, 3.63) is 64.2 Å². The van der Waals surface area contributed by atoms with Gasteiger partial charge in [-0.25, -0.2) is 0 Å². The number of hydrogen-bond donors (Lipinski definition) is 1. The number of hydrogen-bond acceptors (Lipinski definition) is 5. The smallest absolute Gasteiger partial charge is 0.202 e. The number of aryl methyl sites for hydroxylation is 1. The maximum atomic E-state index is 13.3. The molecular formula is C21H16O5. The lowest BCUT2D eigenvalue weighted by molar-refractivity contribution is 0.0975. The molecule has 0 atom stereocenters. The number of carbonyl (C=O) groups is 2. The van der Waals surface area contributed by atoms with Crippen molar-refractivity contribution in [3.8, 4) is 17.2 Å². The minimum Gasteiger partial charge on any atom is -0.507 e. The van der Waals surface area contributed by atoms with E-state index in [2.05, 4.69) is 0 Å². The highest BCUT2D eigenvalue weighted by Crippen LogP contribution is 2.43. The number of ether oxygens (including phenoxy) is 2. The van der Waals surface area contributed by atoms with E-state index in [1.54, 1.807) is 24.3 Å². The molecule has 1 aliphatic rings. The number of phenolic OH excluding ortho intramolecular Hbond substituents is 1. The topological polar surface area (TPSA) is 72.8 Å². The first-order chi connectivity index (χ1) is 12.5. The number of aromatic hydroxyl groups is 1. The van der Waals surface area contributed by atoms with Crippen LogP contribution in [0, 0.1) is 6.92 Å². The van der Waals surface area contributed by atoms with Crippen LogP contribution in [0.15, 0.2) is 36.4 Å². The van der Waals surface area contributed by atoms with Gasteiger partial charge >= 0.3 is 0 Å². The first-order valence-electron chi connectivity index (χ1n) is 8.08. The SMILES string of the molecule is COc1cccc2c1C(=O)c1c(O)cc3cc(C)cc(OC)c3c1C2=O. The van der Waals surface area contributed by atoms with Gasteiger partial charge in [-0.05, 0) is 36.1 Å². The molecule has 0 radical (unpaired) electrons. The van der Waals surface area contributed by atoms with E-state index < -0.39 is 5.78 Å². The highest BCUT2D eigenvalue weighted by molar-refractivity contribution is 6.34. The van der Waals surface area contributed by atoms with Gasteiger partial charge in [0.25, 0.3) is 0 Å². The van der Waals surface area contributed by atoms with Crippen molar-refractivity contribution < 1.29 is 24.2 Å². The van der Waals surface area contributed by atoms with Gasteiger partial charge in [0.2, 0.25) is 5.78 Å². The molecule has 5 heteroatoms. The van der Waals surface area contributed by atoms with Crippen LogP contribution in [0.25, 0.3) is 10.8 Å². The summed E-state index contributed by atoms with van der Waals surface area (Å²) < 4.78 is 10.7. The lowest BCUT2D eigenvalue weighted by Gasteiger charge is -2.23. The van der Waals surface area contributed by atoms with Gasteiger partial charge in [-0.2, -0.15) is 0 Å². The Morgan fingerprint density at radius 3 is 2.27 bits per heavy atom. The summed E-state index contributed by atoms with van der Waals surface area (Å²) in [5, 5.41) is 11.7. The standard InChI is InChI=1S/C21H16O5/c1-10-7-11-9-13(22)18-19(16(11)15(8-10)26-3)20(23)12-5-4-6-14(25-2)17(12)21(18)24/h4-9,22H,1-3H3. The van der Waals surface area contributed by atoms with Crippen molar-refractivity contribution in [1.29, 1.82) is 0 Å². The molecular weight excluding hydrogens is 332 g/mol. The number of carbonyl (C=O) groups excluding carboxylic acids is 2. The summed E-state index contributed by atoms with van der Waals surface area (Å²) in [4.78, 5) is 26.4. The quantitative estimate of drug-likeness (QED) is 0.599. The van der Waals surface area contributed by atoms with E-state index in [1.807, 2.05) is 13.0 Å². The van der Waals surface area contributed by atoms with E-state index in [9.17, 15) is 14.7 Å². The summed E-state index contributed by atoms with van der Waals surface area (Å²) >= 11 is 0. The first-order valence-corrected chi connectivity index (χ1v) is 8.08. The van der Waals surface area contributed by atoms with E-state index in [4.69, 9.17) is 9.47 Å². The van der Waals surface area contributed by atoms with Gasteiger partial charge in [0.1, 0.15) is 17.2 Å². The largest absolute Gasteiger partial charge is 0.507 e. The van der Waals surface area contributed by atoms with E-state index >= 15 is 0 Å². The van der Waals surface area contributed by atoms with Gasteiger partial charge in [-0.3, -0.25) is 9.59 Å². The lowest BCUT2D eigenvalue weighted by Crippen LogP contribution is -2.22. The highest BCUT2D eigenvalue weighted by atomic mass is 16.5. The summed E-state index contributed by atoms with van der Waals surface area (Å²) in [7, 11) is 2.95. The fraction of sp³-hybridized carbons (Fsp3) is 0.143. The second kappa shape index (κ2) is 5.59. The highest BCUT2D eigenvalue weighted by Gasteiger charge is 2.36. The molecule has 0 unspecified atom stereocenters. The molecule has 1 aliphatic carbocycles. The summed E-state index contributed by atoms with van der Waals surface area (Å²) in [6.07, 6.45) is 0. The number of phenols is 1. The molecule has 26 heavy (non-hydrogen) atoms. The van der Waals surface area contributed by atoms with Crippen LogP contribution >= 0.6 is 0 Å². The van der Waals surface area contributed by atoms with Crippen molar-refractivity contribution in [3.63, 3.8) is 0 Å². The molecule has 0 fully saturated rings. The lowest BCUT2D eigenvalue weighted by atomic mass is 9.80. The number of fused-ring (bicyclic) bond motifs is 4. The molecule has 0 bridgehead atoms.